The van der Waals surface area contributed by atoms with Gasteiger partial charge in [0.05, 0.1) is 4.90 Å². The SMILES string of the molecule is O=S(=O)(O)c1ccc(OCC(F)F)c(OCC(F)F)c1. The van der Waals surface area contributed by atoms with E-state index in [1.807, 2.05) is 0 Å². The summed E-state index contributed by atoms with van der Waals surface area (Å²) in [4.78, 5) is -0.633. The van der Waals surface area contributed by atoms with E-state index in [2.05, 4.69) is 9.47 Å². The second-order valence-corrected chi connectivity index (χ2v) is 4.91. The second kappa shape index (κ2) is 6.75. The zero-order valence-electron chi connectivity index (χ0n) is 9.80. The van der Waals surface area contributed by atoms with E-state index in [-0.39, 0.29) is 5.75 Å². The molecule has 0 unspecified atom stereocenters. The molecular weight excluding hydrogens is 308 g/mol. The molecule has 0 atom stereocenters. The number of hydrogen-bond acceptors (Lipinski definition) is 4. The zero-order chi connectivity index (χ0) is 15.3. The van der Waals surface area contributed by atoms with Gasteiger partial charge in [-0.05, 0) is 12.1 Å². The minimum Gasteiger partial charge on any atom is -0.484 e. The molecule has 0 bridgehead atoms. The Balaban J connectivity index is 3.03. The van der Waals surface area contributed by atoms with Crippen molar-refractivity contribution in [2.24, 2.45) is 0 Å². The lowest BCUT2D eigenvalue weighted by molar-refractivity contribution is 0.0686. The van der Waals surface area contributed by atoms with Gasteiger partial charge in [-0.15, -0.1) is 0 Å². The molecule has 0 aliphatic carbocycles. The molecule has 1 rings (SSSR count). The van der Waals surface area contributed by atoms with Crippen molar-refractivity contribution in [3.05, 3.63) is 18.2 Å². The van der Waals surface area contributed by atoms with Crippen molar-refractivity contribution in [3.63, 3.8) is 0 Å². The van der Waals surface area contributed by atoms with Gasteiger partial charge in [-0.2, -0.15) is 8.42 Å². The third kappa shape index (κ3) is 5.21. The molecule has 0 aliphatic heterocycles. The number of ether oxygens (including phenoxy) is 2. The van der Waals surface area contributed by atoms with E-state index in [1.54, 1.807) is 0 Å². The molecule has 0 aliphatic rings. The third-order valence-corrected chi connectivity index (χ3v) is 2.79. The van der Waals surface area contributed by atoms with Crippen molar-refractivity contribution < 1.29 is 40.0 Å². The first-order valence-electron chi connectivity index (χ1n) is 5.13. The Hall–Kier alpha value is -1.55. The van der Waals surface area contributed by atoms with E-state index < -0.39 is 46.8 Å². The maximum absolute atomic E-state index is 12.0. The third-order valence-electron chi connectivity index (χ3n) is 1.94. The van der Waals surface area contributed by atoms with E-state index in [4.69, 9.17) is 4.55 Å². The van der Waals surface area contributed by atoms with Crippen LogP contribution in [0.1, 0.15) is 0 Å². The average molecular weight is 318 g/mol. The lowest BCUT2D eigenvalue weighted by atomic mass is 10.3. The standard InChI is InChI=1S/C10H10F4O5S/c11-9(12)4-18-7-2-1-6(20(15,16)17)3-8(7)19-5-10(13)14/h1-3,9-10H,4-5H2,(H,15,16,17). The molecule has 0 radical (unpaired) electrons. The molecule has 0 fully saturated rings. The predicted octanol–water partition coefficient (Wildman–Crippen LogP) is 2.22. The first kappa shape index (κ1) is 16.5. The molecule has 1 aromatic carbocycles. The van der Waals surface area contributed by atoms with Gasteiger partial charge in [-0.1, -0.05) is 0 Å². The van der Waals surface area contributed by atoms with Crippen LogP contribution >= 0.6 is 0 Å². The molecule has 1 aromatic rings. The minimum atomic E-state index is -4.58. The molecule has 5 nitrogen and oxygen atoms in total. The van der Waals surface area contributed by atoms with Crippen LogP contribution in [0.15, 0.2) is 23.1 Å². The van der Waals surface area contributed by atoms with Crippen LogP contribution < -0.4 is 9.47 Å². The Bertz CT molecular complexity index is 547. The molecule has 0 saturated carbocycles. The van der Waals surface area contributed by atoms with Gasteiger partial charge in [0.2, 0.25) is 0 Å². The first-order valence-corrected chi connectivity index (χ1v) is 6.57. The summed E-state index contributed by atoms with van der Waals surface area (Å²) in [5, 5.41) is 0. The summed E-state index contributed by atoms with van der Waals surface area (Å²) in [5.41, 5.74) is 0. The summed E-state index contributed by atoms with van der Waals surface area (Å²) in [6, 6.07) is 2.50. The van der Waals surface area contributed by atoms with Gasteiger partial charge < -0.3 is 9.47 Å². The van der Waals surface area contributed by atoms with Crippen molar-refractivity contribution in [1.29, 1.82) is 0 Å². The van der Waals surface area contributed by atoms with Gasteiger partial charge in [0.1, 0.15) is 13.2 Å². The Morgan fingerprint density at radius 1 is 1.00 bits per heavy atom. The fourth-order valence-corrected chi connectivity index (χ4v) is 1.68. The van der Waals surface area contributed by atoms with E-state index in [0.717, 1.165) is 12.1 Å². The maximum Gasteiger partial charge on any atom is 0.294 e. The largest absolute Gasteiger partial charge is 0.484 e. The molecule has 0 aromatic heterocycles. The fraction of sp³-hybridized carbons (Fsp3) is 0.400. The smallest absolute Gasteiger partial charge is 0.294 e. The van der Waals surface area contributed by atoms with Crippen LogP contribution in [-0.2, 0) is 10.1 Å². The Labute approximate surface area is 111 Å². The zero-order valence-corrected chi connectivity index (χ0v) is 10.6. The van der Waals surface area contributed by atoms with Crippen molar-refractivity contribution in [2.45, 2.75) is 17.7 Å². The number of alkyl halides is 4. The number of benzene rings is 1. The van der Waals surface area contributed by atoms with E-state index in [9.17, 15) is 26.0 Å². The van der Waals surface area contributed by atoms with Crippen LogP contribution in [0.25, 0.3) is 0 Å². The minimum absolute atomic E-state index is 0.335. The summed E-state index contributed by atoms with van der Waals surface area (Å²) < 4.78 is 87.9. The van der Waals surface area contributed by atoms with Crippen LogP contribution in [-0.4, -0.2) is 39.0 Å². The summed E-state index contributed by atoms with van der Waals surface area (Å²) in [6.07, 6.45) is -5.66. The van der Waals surface area contributed by atoms with Gasteiger partial charge in [0, 0.05) is 6.07 Å². The lowest BCUT2D eigenvalue weighted by Crippen LogP contribution is -2.11. The van der Waals surface area contributed by atoms with Crippen LogP contribution in [0.5, 0.6) is 11.5 Å². The number of halogens is 4. The van der Waals surface area contributed by atoms with Crippen molar-refractivity contribution >= 4 is 10.1 Å². The van der Waals surface area contributed by atoms with Crippen LogP contribution in [0.4, 0.5) is 17.6 Å². The summed E-state index contributed by atoms with van der Waals surface area (Å²) in [5.74, 6) is -0.820. The van der Waals surface area contributed by atoms with E-state index in [1.165, 1.54) is 0 Å². The van der Waals surface area contributed by atoms with Crippen molar-refractivity contribution in [3.8, 4) is 11.5 Å². The van der Waals surface area contributed by atoms with Gasteiger partial charge in [0.15, 0.2) is 11.5 Å². The van der Waals surface area contributed by atoms with Gasteiger partial charge >= 0.3 is 0 Å². The molecule has 114 valence electrons. The molecular formula is C10H10F4O5S. The normalized spacial score (nSPS) is 11.9. The quantitative estimate of drug-likeness (QED) is 0.616. The highest BCUT2D eigenvalue weighted by Gasteiger charge is 2.17. The van der Waals surface area contributed by atoms with Crippen molar-refractivity contribution in [1.82, 2.24) is 0 Å². The molecule has 20 heavy (non-hydrogen) atoms. The summed E-state index contributed by atoms with van der Waals surface area (Å²) in [6.45, 7) is -2.10. The van der Waals surface area contributed by atoms with Crippen LogP contribution in [0.2, 0.25) is 0 Å². The van der Waals surface area contributed by atoms with E-state index in [0.29, 0.717) is 6.07 Å². The monoisotopic (exact) mass is 318 g/mol. The van der Waals surface area contributed by atoms with E-state index >= 15 is 0 Å². The van der Waals surface area contributed by atoms with Crippen molar-refractivity contribution in [2.75, 3.05) is 13.2 Å². The molecule has 0 spiro atoms. The number of hydrogen-bond donors (Lipinski definition) is 1. The summed E-state index contributed by atoms with van der Waals surface area (Å²) >= 11 is 0. The topological polar surface area (TPSA) is 72.8 Å². The van der Waals surface area contributed by atoms with Gasteiger partial charge in [-0.3, -0.25) is 4.55 Å². The molecule has 1 N–H and O–H groups in total. The average Bonchev–Trinajstić information content (AvgIpc) is 2.32. The molecule has 0 heterocycles. The Kier molecular flexibility index (Phi) is 5.57. The Morgan fingerprint density at radius 3 is 1.95 bits per heavy atom. The summed E-state index contributed by atoms with van der Waals surface area (Å²) in [7, 11) is -4.58. The van der Waals surface area contributed by atoms with Gasteiger partial charge in [-0.25, -0.2) is 17.6 Å². The van der Waals surface area contributed by atoms with Crippen LogP contribution in [0, 0.1) is 0 Å². The maximum atomic E-state index is 12.0. The highest BCUT2D eigenvalue weighted by atomic mass is 32.2. The molecule has 0 amide bonds. The molecule has 0 saturated heterocycles. The highest BCUT2D eigenvalue weighted by molar-refractivity contribution is 7.85. The van der Waals surface area contributed by atoms with Crippen LogP contribution in [0.3, 0.4) is 0 Å². The van der Waals surface area contributed by atoms with Gasteiger partial charge in [0.25, 0.3) is 23.0 Å². The highest BCUT2D eigenvalue weighted by Crippen LogP contribution is 2.30. The fourth-order valence-electron chi connectivity index (χ4n) is 1.19. The number of rotatable bonds is 7. The molecule has 10 heteroatoms. The lowest BCUT2D eigenvalue weighted by Gasteiger charge is -2.13. The predicted molar refractivity (Wildman–Crippen MR) is 59.3 cm³/mol. The second-order valence-electron chi connectivity index (χ2n) is 3.49. The Morgan fingerprint density at radius 2 is 1.50 bits per heavy atom. The first-order chi connectivity index (χ1) is 9.20.